The number of carbonyl (C=O) groups is 2. The van der Waals surface area contributed by atoms with Crippen molar-refractivity contribution in [3.63, 3.8) is 0 Å². The van der Waals surface area contributed by atoms with Crippen LogP contribution in [-0.4, -0.2) is 55.2 Å². The van der Waals surface area contributed by atoms with E-state index in [1.807, 2.05) is 32.0 Å². The van der Waals surface area contributed by atoms with E-state index in [9.17, 15) is 14.7 Å². The van der Waals surface area contributed by atoms with E-state index in [4.69, 9.17) is 14.2 Å². The minimum absolute atomic E-state index is 0.0444. The van der Waals surface area contributed by atoms with E-state index in [0.29, 0.717) is 35.8 Å². The first kappa shape index (κ1) is 23.3. The van der Waals surface area contributed by atoms with Crippen molar-refractivity contribution < 1.29 is 28.9 Å². The number of hydrogen-bond donors (Lipinski definition) is 1. The zero-order valence-electron chi connectivity index (χ0n) is 18.7. The molecule has 1 N–H and O–H groups in total. The van der Waals surface area contributed by atoms with Crippen LogP contribution >= 0.6 is 0 Å². The number of carbonyl (C=O) groups excluding carboxylic acids is 2. The number of ether oxygens (including phenoxy) is 3. The molecule has 7 nitrogen and oxygen atoms in total. The second-order valence-corrected chi connectivity index (χ2v) is 7.36. The molecule has 0 aliphatic carbocycles. The zero-order valence-corrected chi connectivity index (χ0v) is 18.7. The van der Waals surface area contributed by atoms with Crippen molar-refractivity contribution in [2.45, 2.75) is 26.3 Å². The van der Waals surface area contributed by atoms with Crippen LogP contribution in [0.25, 0.3) is 5.76 Å². The Morgan fingerprint density at radius 1 is 1.00 bits per heavy atom. The van der Waals surface area contributed by atoms with Gasteiger partial charge >= 0.3 is 0 Å². The molecule has 2 aromatic carbocycles. The lowest BCUT2D eigenvalue weighted by molar-refractivity contribution is -0.140. The van der Waals surface area contributed by atoms with E-state index in [1.54, 1.807) is 30.3 Å². The van der Waals surface area contributed by atoms with Gasteiger partial charge in [-0.25, -0.2) is 0 Å². The van der Waals surface area contributed by atoms with Gasteiger partial charge in [-0.15, -0.1) is 0 Å². The minimum atomic E-state index is -0.748. The fourth-order valence-electron chi connectivity index (χ4n) is 3.67. The second-order valence-electron chi connectivity index (χ2n) is 7.36. The van der Waals surface area contributed by atoms with Crippen LogP contribution in [0.1, 0.15) is 37.4 Å². The van der Waals surface area contributed by atoms with Crippen molar-refractivity contribution in [1.29, 1.82) is 0 Å². The quantitative estimate of drug-likeness (QED) is 0.343. The van der Waals surface area contributed by atoms with Crippen LogP contribution in [0.2, 0.25) is 0 Å². The first-order valence-electron chi connectivity index (χ1n) is 10.7. The van der Waals surface area contributed by atoms with E-state index < -0.39 is 17.7 Å². The van der Waals surface area contributed by atoms with Gasteiger partial charge in [0.15, 0.2) is 0 Å². The lowest BCUT2D eigenvalue weighted by Crippen LogP contribution is -2.32. The summed E-state index contributed by atoms with van der Waals surface area (Å²) in [5, 5.41) is 11.1. The molecule has 170 valence electrons. The van der Waals surface area contributed by atoms with Gasteiger partial charge in [0.1, 0.15) is 17.3 Å². The highest BCUT2D eigenvalue weighted by atomic mass is 16.5. The third kappa shape index (κ3) is 4.94. The number of hydrogen-bond acceptors (Lipinski definition) is 6. The molecule has 3 rings (SSSR count). The Bertz CT molecular complexity index is 982. The molecule has 1 amide bonds. The van der Waals surface area contributed by atoms with Gasteiger partial charge in [0.25, 0.3) is 11.7 Å². The van der Waals surface area contributed by atoms with Gasteiger partial charge in [-0.2, -0.15) is 0 Å². The Labute approximate surface area is 188 Å². The summed E-state index contributed by atoms with van der Waals surface area (Å²) in [7, 11) is 1.53. The van der Waals surface area contributed by atoms with Crippen LogP contribution in [0.15, 0.2) is 54.1 Å². The smallest absolute Gasteiger partial charge is 0.295 e. The van der Waals surface area contributed by atoms with Crippen molar-refractivity contribution in [2.24, 2.45) is 0 Å². The molecule has 0 saturated carbocycles. The number of Topliss-reactive ketones (excluding diaryl/α,β-unsaturated/α-hetero) is 1. The molecule has 1 unspecified atom stereocenters. The van der Waals surface area contributed by atoms with Crippen molar-refractivity contribution in [2.75, 3.05) is 33.5 Å². The van der Waals surface area contributed by atoms with E-state index >= 15 is 0 Å². The summed E-state index contributed by atoms with van der Waals surface area (Å²) in [6, 6.07) is 13.3. The predicted octanol–water partition coefficient (Wildman–Crippen LogP) is 3.94. The molecule has 1 heterocycles. The maximum absolute atomic E-state index is 13.0. The van der Waals surface area contributed by atoms with Gasteiger partial charge in [0, 0.05) is 19.2 Å². The van der Waals surface area contributed by atoms with Crippen LogP contribution < -0.4 is 9.47 Å². The van der Waals surface area contributed by atoms with Crippen molar-refractivity contribution in [3.05, 3.63) is 65.2 Å². The Morgan fingerprint density at radius 2 is 1.75 bits per heavy atom. The van der Waals surface area contributed by atoms with Gasteiger partial charge in [-0.3, -0.25) is 9.59 Å². The molecule has 2 aromatic rings. The molecular formula is C25H29NO6. The molecule has 1 fully saturated rings. The molecule has 1 aliphatic rings. The summed E-state index contributed by atoms with van der Waals surface area (Å²) >= 11 is 0. The molecule has 0 spiro atoms. The van der Waals surface area contributed by atoms with E-state index in [1.165, 1.54) is 12.0 Å². The average molecular weight is 440 g/mol. The molecular weight excluding hydrogens is 410 g/mol. The van der Waals surface area contributed by atoms with Crippen LogP contribution in [-0.2, 0) is 14.3 Å². The van der Waals surface area contributed by atoms with Crippen molar-refractivity contribution >= 4 is 17.4 Å². The van der Waals surface area contributed by atoms with E-state index in [0.717, 1.165) is 6.42 Å². The van der Waals surface area contributed by atoms with Crippen molar-refractivity contribution in [3.8, 4) is 11.5 Å². The zero-order chi connectivity index (χ0) is 23.1. The van der Waals surface area contributed by atoms with Gasteiger partial charge in [0.05, 0.1) is 31.4 Å². The molecule has 0 radical (unpaired) electrons. The Hall–Kier alpha value is -3.32. The summed E-state index contributed by atoms with van der Waals surface area (Å²) in [4.78, 5) is 27.3. The summed E-state index contributed by atoms with van der Waals surface area (Å²) in [6.07, 6.45) is 0.855. The lowest BCUT2D eigenvalue weighted by atomic mass is 9.95. The number of aliphatic hydroxyl groups is 1. The molecule has 0 aromatic heterocycles. The molecule has 1 aliphatic heterocycles. The summed E-state index contributed by atoms with van der Waals surface area (Å²) in [5.74, 6) is -0.322. The maximum atomic E-state index is 13.0. The SMILES string of the molecule is CCCOc1cccc(C2C(=C(O)c3ccc(OCC)cc3)C(=O)C(=O)N2CCOC)c1. The third-order valence-corrected chi connectivity index (χ3v) is 5.16. The van der Waals surface area contributed by atoms with Crippen LogP contribution in [0.4, 0.5) is 0 Å². The third-order valence-electron chi connectivity index (χ3n) is 5.16. The second kappa shape index (κ2) is 10.8. The number of likely N-dealkylation sites (tertiary alicyclic amines) is 1. The van der Waals surface area contributed by atoms with Gasteiger partial charge in [-0.1, -0.05) is 19.1 Å². The van der Waals surface area contributed by atoms with E-state index in [2.05, 4.69) is 0 Å². The lowest BCUT2D eigenvalue weighted by Gasteiger charge is -2.25. The normalized spacial score (nSPS) is 17.6. The molecule has 7 heteroatoms. The fraction of sp³-hybridized carbons (Fsp3) is 0.360. The number of amides is 1. The number of benzene rings is 2. The average Bonchev–Trinajstić information content (AvgIpc) is 3.06. The molecule has 32 heavy (non-hydrogen) atoms. The van der Waals surface area contributed by atoms with Gasteiger partial charge in [0.2, 0.25) is 0 Å². The number of ketones is 1. The number of rotatable bonds is 10. The van der Waals surface area contributed by atoms with Gasteiger partial charge in [-0.05, 0) is 55.3 Å². The Morgan fingerprint density at radius 3 is 2.41 bits per heavy atom. The Kier molecular flexibility index (Phi) is 7.89. The van der Waals surface area contributed by atoms with Crippen LogP contribution in [0, 0.1) is 0 Å². The highest BCUT2D eigenvalue weighted by Crippen LogP contribution is 2.40. The highest BCUT2D eigenvalue weighted by molar-refractivity contribution is 6.46. The maximum Gasteiger partial charge on any atom is 0.295 e. The first-order valence-corrected chi connectivity index (χ1v) is 10.7. The molecule has 1 saturated heterocycles. The number of nitrogens with zero attached hydrogens (tertiary/aromatic N) is 1. The number of methoxy groups -OCH3 is 1. The minimum Gasteiger partial charge on any atom is -0.507 e. The van der Waals surface area contributed by atoms with Crippen LogP contribution in [0.3, 0.4) is 0 Å². The topological polar surface area (TPSA) is 85.3 Å². The monoisotopic (exact) mass is 439 g/mol. The summed E-state index contributed by atoms with van der Waals surface area (Å²) in [6.45, 7) is 5.45. The van der Waals surface area contributed by atoms with Gasteiger partial charge < -0.3 is 24.2 Å². The Balaban J connectivity index is 2.08. The first-order chi connectivity index (χ1) is 15.5. The summed E-state index contributed by atoms with van der Waals surface area (Å²) in [5.41, 5.74) is 1.16. The van der Waals surface area contributed by atoms with E-state index in [-0.39, 0.29) is 24.5 Å². The largest absolute Gasteiger partial charge is 0.507 e. The molecule has 1 atom stereocenters. The van der Waals surface area contributed by atoms with Crippen molar-refractivity contribution in [1.82, 2.24) is 4.90 Å². The predicted molar refractivity (Wildman–Crippen MR) is 121 cm³/mol. The summed E-state index contributed by atoms with van der Waals surface area (Å²) < 4.78 is 16.3. The van der Waals surface area contributed by atoms with Crippen LogP contribution in [0.5, 0.6) is 11.5 Å². The fourth-order valence-corrected chi connectivity index (χ4v) is 3.67. The highest BCUT2D eigenvalue weighted by Gasteiger charge is 2.46. The number of aliphatic hydroxyl groups excluding tert-OH is 1. The molecule has 0 bridgehead atoms. The standard InChI is InChI=1S/C25H29NO6/c1-4-14-32-20-8-6-7-18(16-20)22-21(24(28)25(29)26(22)13-15-30-3)23(27)17-9-11-19(12-10-17)31-5-2/h6-12,16,22,27H,4-5,13-15H2,1-3H3.